The van der Waals surface area contributed by atoms with E-state index in [9.17, 15) is 4.79 Å². The van der Waals surface area contributed by atoms with Crippen molar-refractivity contribution < 1.29 is 4.79 Å². The molecule has 106 valence electrons. The lowest BCUT2D eigenvalue weighted by molar-refractivity contribution is -0.116. The fourth-order valence-corrected chi connectivity index (χ4v) is 2.82. The number of carbonyl (C=O) groups excluding carboxylic acids is 1. The molecule has 1 aromatic heterocycles. The average molecular weight is 308 g/mol. The highest BCUT2D eigenvalue weighted by Crippen LogP contribution is 2.24. The number of alkyl halides is 1. The molecule has 0 atom stereocenters. The third-order valence-corrected chi connectivity index (χ3v) is 4.15. The molecule has 0 saturated heterocycles. The summed E-state index contributed by atoms with van der Waals surface area (Å²) in [6.07, 6.45) is 0. The van der Waals surface area contributed by atoms with Crippen LogP contribution in [0.5, 0.6) is 0 Å². The predicted octanol–water partition coefficient (Wildman–Crippen LogP) is 4.64. The number of anilines is 1. The van der Waals surface area contributed by atoms with E-state index in [0.29, 0.717) is 12.5 Å². The van der Waals surface area contributed by atoms with Crippen molar-refractivity contribution in [3.05, 3.63) is 52.2 Å². The van der Waals surface area contributed by atoms with Gasteiger partial charge in [0, 0.05) is 5.69 Å². The van der Waals surface area contributed by atoms with Gasteiger partial charge in [-0.1, -0.05) is 26.0 Å². The van der Waals surface area contributed by atoms with Crippen LogP contribution in [0, 0.1) is 0 Å². The molecular weight excluding hydrogens is 290 g/mol. The van der Waals surface area contributed by atoms with E-state index in [-0.39, 0.29) is 11.8 Å². The first-order valence-electron chi connectivity index (χ1n) is 6.59. The number of nitrogens with zero attached hydrogens (tertiary/aromatic N) is 1. The molecule has 2 aromatic rings. The van der Waals surface area contributed by atoms with Crippen molar-refractivity contribution in [3.63, 3.8) is 0 Å². The fraction of sp³-hybridized carbons (Fsp3) is 0.312. The maximum absolute atomic E-state index is 12.1. The minimum Gasteiger partial charge on any atom is -0.307 e. The van der Waals surface area contributed by atoms with E-state index in [1.54, 1.807) is 16.2 Å². The highest BCUT2D eigenvalue weighted by atomic mass is 35.5. The quantitative estimate of drug-likeness (QED) is 0.737. The lowest BCUT2D eigenvalue weighted by Gasteiger charge is -2.22. The van der Waals surface area contributed by atoms with Crippen LogP contribution in [0.2, 0.25) is 0 Å². The zero-order valence-electron chi connectivity index (χ0n) is 11.7. The van der Waals surface area contributed by atoms with E-state index >= 15 is 0 Å². The van der Waals surface area contributed by atoms with E-state index in [0.717, 1.165) is 11.3 Å². The second-order valence-corrected chi connectivity index (χ2v) is 6.04. The molecule has 0 saturated carbocycles. The smallest absolute Gasteiger partial charge is 0.242 e. The molecular formula is C16H18ClNOS. The molecule has 1 heterocycles. The van der Waals surface area contributed by atoms with E-state index in [2.05, 4.69) is 31.4 Å². The topological polar surface area (TPSA) is 20.3 Å². The highest BCUT2D eigenvalue weighted by molar-refractivity contribution is 7.07. The van der Waals surface area contributed by atoms with Crippen LogP contribution in [0.15, 0.2) is 41.1 Å². The molecule has 1 aromatic carbocycles. The number of hydrogen-bond acceptors (Lipinski definition) is 2. The summed E-state index contributed by atoms with van der Waals surface area (Å²) < 4.78 is 0. The van der Waals surface area contributed by atoms with Crippen molar-refractivity contribution in [3.8, 4) is 0 Å². The SMILES string of the molecule is CC(C)c1cccc(N(Cc2ccsc2)C(=O)CCl)c1. The van der Waals surface area contributed by atoms with Gasteiger partial charge >= 0.3 is 0 Å². The van der Waals surface area contributed by atoms with E-state index < -0.39 is 0 Å². The van der Waals surface area contributed by atoms with Gasteiger partial charge in [0.25, 0.3) is 0 Å². The van der Waals surface area contributed by atoms with Gasteiger partial charge in [0.2, 0.25) is 5.91 Å². The maximum Gasteiger partial charge on any atom is 0.242 e. The van der Waals surface area contributed by atoms with Gasteiger partial charge in [-0.3, -0.25) is 4.79 Å². The molecule has 0 radical (unpaired) electrons. The molecule has 0 aliphatic heterocycles. The number of carbonyl (C=O) groups is 1. The van der Waals surface area contributed by atoms with Crippen molar-refractivity contribution >= 4 is 34.5 Å². The van der Waals surface area contributed by atoms with Crippen LogP contribution in [0.3, 0.4) is 0 Å². The molecule has 0 spiro atoms. The summed E-state index contributed by atoms with van der Waals surface area (Å²) in [4.78, 5) is 13.9. The number of amides is 1. The van der Waals surface area contributed by atoms with Crippen LogP contribution in [-0.4, -0.2) is 11.8 Å². The van der Waals surface area contributed by atoms with Crippen LogP contribution in [-0.2, 0) is 11.3 Å². The van der Waals surface area contributed by atoms with Gasteiger partial charge in [-0.15, -0.1) is 11.6 Å². The summed E-state index contributed by atoms with van der Waals surface area (Å²) in [5.41, 5.74) is 3.26. The molecule has 2 nitrogen and oxygen atoms in total. The summed E-state index contributed by atoms with van der Waals surface area (Å²) in [6, 6.07) is 10.1. The standard InChI is InChI=1S/C16H18ClNOS/c1-12(2)14-4-3-5-15(8-14)18(16(19)9-17)10-13-6-7-20-11-13/h3-8,11-12H,9-10H2,1-2H3. The Bertz CT molecular complexity index is 566. The van der Waals surface area contributed by atoms with Gasteiger partial charge in [-0.25, -0.2) is 0 Å². The molecule has 0 aliphatic carbocycles. The zero-order chi connectivity index (χ0) is 14.5. The Morgan fingerprint density at radius 3 is 2.75 bits per heavy atom. The average Bonchev–Trinajstić information content (AvgIpc) is 2.97. The van der Waals surface area contributed by atoms with Gasteiger partial charge in [0.05, 0.1) is 6.54 Å². The summed E-state index contributed by atoms with van der Waals surface area (Å²) >= 11 is 7.38. The molecule has 0 bridgehead atoms. The van der Waals surface area contributed by atoms with E-state index in [1.807, 2.05) is 23.6 Å². The summed E-state index contributed by atoms with van der Waals surface area (Å²) in [5, 5.41) is 4.07. The molecule has 0 fully saturated rings. The van der Waals surface area contributed by atoms with Crippen molar-refractivity contribution in [2.75, 3.05) is 10.8 Å². The molecule has 2 rings (SSSR count). The number of rotatable bonds is 5. The van der Waals surface area contributed by atoms with Gasteiger partial charge in [-0.2, -0.15) is 11.3 Å². The number of hydrogen-bond donors (Lipinski definition) is 0. The molecule has 1 amide bonds. The first-order chi connectivity index (χ1) is 9.61. The van der Waals surface area contributed by atoms with Crippen LogP contribution in [0.25, 0.3) is 0 Å². The number of thiophene rings is 1. The van der Waals surface area contributed by atoms with Gasteiger partial charge in [0.15, 0.2) is 0 Å². The summed E-state index contributed by atoms with van der Waals surface area (Å²) in [6.45, 7) is 4.86. The van der Waals surface area contributed by atoms with Crippen molar-refractivity contribution in [1.82, 2.24) is 0 Å². The Labute approximate surface area is 129 Å². The Morgan fingerprint density at radius 2 is 2.15 bits per heavy atom. The second kappa shape index (κ2) is 6.91. The van der Waals surface area contributed by atoms with Gasteiger partial charge in [-0.05, 0) is 46.0 Å². The summed E-state index contributed by atoms with van der Waals surface area (Å²) in [5.74, 6) is 0.360. The molecule has 0 unspecified atom stereocenters. The Kier molecular flexibility index (Phi) is 5.21. The first kappa shape index (κ1) is 15.1. The lowest BCUT2D eigenvalue weighted by Crippen LogP contribution is -2.31. The maximum atomic E-state index is 12.1. The third kappa shape index (κ3) is 3.62. The monoisotopic (exact) mass is 307 g/mol. The van der Waals surface area contributed by atoms with Gasteiger partial charge < -0.3 is 4.90 Å². The van der Waals surface area contributed by atoms with Crippen LogP contribution >= 0.6 is 22.9 Å². The Hall–Kier alpha value is -1.32. The Balaban J connectivity index is 2.30. The molecule has 4 heteroatoms. The number of benzene rings is 1. The van der Waals surface area contributed by atoms with Crippen LogP contribution in [0.4, 0.5) is 5.69 Å². The fourth-order valence-electron chi connectivity index (χ4n) is 2.01. The van der Waals surface area contributed by atoms with Crippen LogP contribution in [0.1, 0.15) is 30.9 Å². The highest BCUT2D eigenvalue weighted by Gasteiger charge is 2.16. The van der Waals surface area contributed by atoms with Gasteiger partial charge in [0.1, 0.15) is 5.88 Å². The minimum absolute atomic E-state index is 0.00393. The van der Waals surface area contributed by atoms with Crippen LogP contribution < -0.4 is 4.90 Å². The first-order valence-corrected chi connectivity index (χ1v) is 8.07. The summed E-state index contributed by atoms with van der Waals surface area (Å²) in [7, 11) is 0. The third-order valence-electron chi connectivity index (χ3n) is 3.18. The molecule has 0 aliphatic rings. The lowest BCUT2D eigenvalue weighted by atomic mass is 10.0. The van der Waals surface area contributed by atoms with E-state index in [1.165, 1.54) is 5.56 Å². The van der Waals surface area contributed by atoms with E-state index in [4.69, 9.17) is 11.6 Å². The number of halogens is 1. The molecule has 0 N–H and O–H groups in total. The van der Waals surface area contributed by atoms with Crippen molar-refractivity contribution in [2.45, 2.75) is 26.3 Å². The predicted molar refractivity (Wildman–Crippen MR) is 86.8 cm³/mol. The van der Waals surface area contributed by atoms with Crippen molar-refractivity contribution in [1.29, 1.82) is 0 Å². The Morgan fingerprint density at radius 1 is 1.35 bits per heavy atom. The zero-order valence-corrected chi connectivity index (χ0v) is 13.2. The molecule has 20 heavy (non-hydrogen) atoms. The second-order valence-electron chi connectivity index (χ2n) is 4.99. The largest absolute Gasteiger partial charge is 0.307 e. The minimum atomic E-state index is -0.0706. The van der Waals surface area contributed by atoms with Crippen molar-refractivity contribution in [2.24, 2.45) is 0 Å². The normalized spacial score (nSPS) is 10.8.